The van der Waals surface area contributed by atoms with Crippen molar-refractivity contribution in [2.75, 3.05) is 18.5 Å². The smallest absolute Gasteiger partial charge is 0.337 e. The number of carbonyl (C=O) groups is 1. The van der Waals surface area contributed by atoms with Gasteiger partial charge in [0.15, 0.2) is 6.10 Å². The topological polar surface area (TPSA) is 80.7 Å². The Morgan fingerprint density at radius 3 is 2.77 bits per heavy atom. The molecule has 1 aliphatic heterocycles. The molecule has 0 saturated carbocycles. The maximum atomic E-state index is 12.4. The van der Waals surface area contributed by atoms with Crippen LogP contribution in [0.5, 0.6) is 5.75 Å². The first kappa shape index (κ1) is 21.9. The van der Waals surface area contributed by atoms with Crippen LogP contribution in [0.25, 0.3) is 21.3 Å². The van der Waals surface area contributed by atoms with Crippen LogP contribution in [0.1, 0.15) is 43.0 Å². The molecule has 0 aliphatic carbocycles. The van der Waals surface area contributed by atoms with Crippen molar-refractivity contribution in [2.24, 2.45) is 0 Å². The van der Waals surface area contributed by atoms with Crippen molar-refractivity contribution in [1.82, 2.24) is 4.98 Å². The summed E-state index contributed by atoms with van der Waals surface area (Å²) in [5.41, 5.74) is 2.65. The number of aryl methyl sites for hydroxylation is 2. The average molecular weight is 461 g/mol. The number of benzene rings is 1. The molecule has 3 aromatic rings. The van der Waals surface area contributed by atoms with Crippen molar-refractivity contribution >= 4 is 44.8 Å². The highest BCUT2D eigenvalue weighted by molar-refractivity contribution is 7.18. The molecule has 1 aliphatic rings. The molecule has 2 aromatic heterocycles. The molecule has 8 heteroatoms. The maximum Gasteiger partial charge on any atom is 0.337 e. The summed E-state index contributed by atoms with van der Waals surface area (Å²) in [7, 11) is 0. The fourth-order valence-corrected chi connectivity index (χ4v) is 5.13. The van der Waals surface area contributed by atoms with Crippen LogP contribution in [0.3, 0.4) is 0 Å². The highest BCUT2D eigenvalue weighted by Crippen LogP contribution is 2.47. The Labute approximate surface area is 190 Å². The number of carboxylic acid groups (broad SMARTS) is 1. The highest BCUT2D eigenvalue weighted by Gasteiger charge is 2.33. The van der Waals surface area contributed by atoms with E-state index in [9.17, 15) is 9.90 Å². The van der Waals surface area contributed by atoms with E-state index < -0.39 is 17.7 Å². The van der Waals surface area contributed by atoms with E-state index in [4.69, 9.17) is 26.1 Å². The van der Waals surface area contributed by atoms with Crippen LogP contribution < -0.4 is 10.1 Å². The second-order valence-electron chi connectivity index (χ2n) is 8.59. The number of halogens is 1. The van der Waals surface area contributed by atoms with Crippen molar-refractivity contribution in [1.29, 1.82) is 0 Å². The van der Waals surface area contributed by atoms with Gasteiger partial charge in [-0.3, -0.25) is 0 Å². The van der Waals surface area contributed by atoms with Gasteiger partial charge < -0.3 is 19.9 Å². The molecular weight excluding hydrogens is 436 g/mol. The normalized spacial score (nSPS) is 14.6. The van der Waals surface area contributed by atoms with Gasteiger partial charge in [-0.25, -0.2) is 9.78 Å². The number of hydrogen-bond acceptors (Lipinski definition) is 6. The van der Waals surface area contributed by atoms with E-state index in [1.54, 1.807) is 11.3 Å². The van der Waals surface area contributed by atoms with Gasteiger partial charge in [-0.15, -0.1) is 11.3 Å². The highest BCUT2D eigenvalue weighted by atomic mass is 35.5. The molecule has 0 saturated heterocycles. The average Bonchev–Trinajstić information content (AvgIpc) is 3.05. The zero-order valence-electron chi connectivity index (χ0n) is 18.1. The fourth-order valence-electron chi connectivity index (χ4n) is 3.87. The van der Waals surface area contributed by atoms with E-state index in [-0.39, 0.29) is 0 Å². The molecule has 31 heavy (non-hydrogen) atoms. The van der Waals surface area contributed by atoms with E-state index in [0.29, 0.717) is 35.2 Å². The molecule has 3 heterocycles. The molecule has 2 N–H and O–H groups in total. The van der Waals surface area contributed by atoms with Crippen molar-refractivity contribution < 1.29 is 19.4 Å². The Kier molecular flexibility index (Phi) is 5.62. The summed E-state index contributed by atoms with van der Waals surface area (Å²) < 4.78 is 11.7. The first-order valence-corrected chi connectivity index (χ1v) is 11.3. The van der Waals surface area contributed by atoms with Crippen LogP contribution in [-0.4, -0.2) is 34.8 Å². The van der Waals surface area contributed by atoms with E-state index >= 15 is 0 Å². The van der Waals surface area contributed by atoms with Crippen molar-refractivity contribution in [3.05, 3.63) is 39.4 Å². The van der Waals surface area contributed by atoms with Crippen LogP contribution in [0, 0.1) is 13.8 Å². The molecule has 0 bridgehead atoms. The lowest BCUT2D eigenvalue weighted by molar-refractivity contribution is -0.160. The quantitative estimate of drug-likeness (QED) is 0.498. The summed E-state index contributed by atoms with van der Waals surface area (Å²) in [6.07, 6.45) is -1.19. The predicted molar refractivity (Wildman–Crippen MR) is 125 cm³/mol. The van der Waals surface area contributed by atoms with E-state index in [2.05, 4.69) is 5.32 Å². The Hall–Kier alpha value is -2.35. The molecule has 6 nitrogen and oxygen atoms in total. The number of rotatable bonds is 4. The second-order valence-corrected chi connectivity index (χ2v) is 10.2. The van der Waals surface area contributed by atoms with Gasteiger partial charge in [0.2, 0.25) is 0 Å². The zero-order chi connectivity index (χ0) is 22.5. The first-order chi connectivity index (χ1) is 14.6. The number of pyridine rings is 1. The number of fused-ring (bicyclic) bond motifs is 2. The molecule has 1 aromatic carbocycles. The fraction of sp³-hybridized carbons (Fsp3) is 0.391. The minimum atomic E-state index is -1.19. The maximum absolute atomic E-state index is 12.4. The van der Waals surface area contributed by atoms with Gasteiger partial charge in [0.25, 0.3) is 0 Å². The number of thiophene rings is 1. The van der Waals surface area contributed by atoms with E-state index in [0.717, 1.165) is 31.9 Å². The Balaban J connectivity index is 2.06. The van der Waals surface area contributed by atoms with Crippen molar-refractivity contribution in [3.63, 3.8) is 0 Å². The Morgan fingerprint density at radius 2 is 2.10 bits per heavy atom. The molecule has 4 rings (SSSR count). The van der Waals surface area contributed by atoms with Gasteiger partial charge in [-0.1, -0.05) is 11.6 Å². The Morgan fingerprint density at radius 1 is 1.35 bits per heavy atom. The van der Waals surface area contributed by atoms with Crippen LogP contribution in [0.15, 0.2) is 18.2 Å². The first-order valence-electron chi connectivity index (χ1n) is 10.1. The summed E-state index contributed by atoms with van der Waals surface area (Å²) in [5, 5.41) is 14.8. The number of aromatic nitrogens is 1. The number of ether oxygens (including phenoxy) is 2. The van der Waals surface area contributed by atoms with Crippen LogP contribution >= 0.6 is 22.9 Å². The minimum absolute atomic E-state index is 0.495. The zero-order valence-corrected chi connectivity index (χ0v) is 19.7. The lowest BCUT2D eigenvalue weighted by Gasteiger charge is -2.28. The third-order valence-corrected chi connectivity index (χ3v) is 6.36. The lowest BCUT2D eigenvalue weighted by atomic mass is 9.91. The molecule has 0 fully saturated rings. The summed E-state index contributed by atoms with van der Waals surface area (Å²) >= 11 is 8.43. The molecular formula is C23H25ClN2O4S. The lowest BCUT2D eigenvalue weighted by Crippen LogP contribution is -2.28. The van der Waals surface area contributed by atoms with E-state index in [1.165, 1.54) is 0 Å². The number of nitrogens with zero attached hydrogens (tertiary/aromatic N) is 1. The van der Waals surface area contributed by atoms with Crippen LogP contribution in [0.4, 0.5) is 5.69 Å². The number of anilines is 1. The number of carboxylic acids is 1. The van der Waals surface area contributed by atoms with Crippen molar-refractivity contribution in [2.45, 2.75) is 46.3 Å². The minimum Gasteiger partial charge on any atom is -0.490 e. The van der Waals surface area contributed by atoms with Crippen molar-refractivity contribution in [3.8, 4) is 16.9 Å². The summed E-state index contributed by atoms with van der Waals surface area (Å²) in [6, 6.07) is 5.78. The van der Waals surface area contributed by atoms with Gasteiger partial charge in [0, 0.05) is 39.2 Å². The largest absolute Gasteiger partial charge is 0.490 e. The third kappa shape index (κ3) is 4.10. The molecule has 0 radical (unpaired) electrons. The van der Waals surface area contributed by atoms with E-state index in [1.807, 2.05) is 52.8 Å². The third-order valence-electron chi connectivity index (χ3n) is 5.03. The second kappa shape index (κ2) is 7.97. The number of aliphatic carboxylic acids is 1. The standard InChI is InChI=1S/C23H25ClN2O4S/c1-11-10-14-17(13-6-7-15-19(18(13)24)25-8-9-29-15)16(12(2)26-21(14)31-11)20(22(27)28)30-23(3,4)5/h6-7,10,20,25H,8-9H2,1-5H3,(H,27,28)/t20-/m0/s1. The van der Waals surface area contributed by atoms with Gasteiger partial charge >= 0.3 is 5.97 Å². The summed E-state index contributed by atoms with van der Waals surface area (Å²) in [5.74, 6) is -0.381. The molecule has 0 spiro atoms. The van der Waals surface area contributed by atoms with Gasteiger partial charge in [-0.2, -0.15) is 0 Å². The molecule has 0 unspecified atom stereocenters. The van der Waals surface area contributed by atoms with Crippen LogP contribution in [-0.2, 0) is 9.53 Å². The van der Waals surface area contributed by atoms with Crippen LogP contribution in [0.2, 0.25) is 5.02 Å². The van der Waals surface area contributed by atoms with Gasteiger partial charge in [-0.05, 0) is 52.8 Å². The summed E-state index contributed by atoms with van der Waals surface area (Å²) in [6.45, 7) is 10.6. The predicted octanol–water partition coefficient (Wildman–Crippen LogP) is 5.98. The van der Waals surface area contributed by atoms with Gasteiger partial charge in [0.1, 0.15) is 17.2 Å². The number of nitrogens with one attached hydrogen (secondary N) is 1. The molecule has 1 atom stereocenters. The monoisotopic (exact) mass is 460 g/mol. The molecule has 164 valence electrons. The number of hydrogen-bond donors (Lipinski definition) is 2. The summed E-state index contributed by atoms with van der Waals surface area (Å²) in [4.78, 5) is 19.0. The SMILES string of the molecule is Cc1cc2c(-c3ccc4c(c3Cl)NCCO4)c([C@H](OC(C)(C)C)C(=O)O)c(C)nc2s1. The van der Waals surface area contributed by atoms with Gasteiger partial charge in [0.05, 0.1) is 16.3 Å². The Bertz CT molecular complexity index is 1180. The molecule has 0 amide bonds.